The van der Waals surface area contributed by atoms with Crippen molar-refractivity contribution in [3.8, 4) is 28.0 Å². The first-order valence-corrected chi connectivity index (χ1v) is 11.3. The summed E-state index contributed by atoms with van der Waals surface area (Å²) < 4.78 is 21.4. The minimum Gasteiger partial charge on any atom is -0.497 e. The number of rotatable bonds is 4. The average Bonchev–Trinajstić information content (AvgIpc) is 3.30. The fraction of sp³-hybridized carbons (Fsp3) is 0.120. The molecule has 0 fully saturated rings. The van der Waals surface area contributed by atoms with E-state index >= 15 is 0 Å². The zero-order valence-corrected chi connectivity index (χ0v) is 17.4. The van der Waals surface area contributed by atoms with E-state index in [1.807, 2.05) is 29.5 Å². The Morgan fingerprint density at radius 2 is 1.41 bits per heavy atom. The summed E-state index contributed by atoms with van der Waals surface area (Å²) >= 11 is 3.15. The molecule has 0 N–H and O–H groups in total. The molecule has 1 aliphatic carbocycles. The van der Waals surface area contributed by atoms with Crippen LogP contribution in [-0.4, -0.2) is 7.11 Å². The zero-order chi connectivity index (χ0) is 19.5. The van der Waals surface area contributed by atoms with Crippen LogP contribution in [0.15, 0.2) is 60.7 Å². The summed E-state index contributed by atoms with van der Waals surface area (Å²) in [4.78, 5) is 1.40. The molecule has 2 heterocycles. The molecule has 0 unspecified atom stereocenters. The van der Waals surface area contributed by atoms with Gasteiger partial charge in [0, 0.05) is 25.4 Å². The molecule has 0 atom stereocenters. The fourth-order valence-corrected chi connectivity index (χ4v) is 6.47. The van der Waals surface area contributed by atoms with E-state index in [-0.39, 0.29) is 5.13 Å². The number of fused-ring (bicyclic) bond motifs is 8. The van der Waals surface area contributed by atoms with Gasteiger partial charge in [-0.3, -0.25) is 0 Å². The quantitative estimate of drug-likeness (QED) is 0.286. The van der Waals surface area contributed by atoms with E-state index in [0.29, 0.717) is 0 Å². The van der Waals surface area contributed by atoms with Crippen LogP contribution in [0, 0.1) is 5.13 Å². The molecule has 0 aliphatic heterocycles. The Labute approximate surface area is 176 Å². The third-order valence-electron chi connectivity index (χ3n) is 5.75. The third kappa shape index (κ3) is 2.63. The van der Waals surface area contributed by atoms with Gasteiger partial charge in [-0.25, -0.2) is 0 Å². The minimum atomic E-state index is -0.111. The monoisotopic (exact) mass is 416 g/mol. The molecule has 5 aromatic rings. The van der Waals surface area contributed by atoms with Crippen LogP contribution < -0.4 is 4.74 Å². The van der Waals surface area contributed by atoms with Gasteiger partial charge in [-0.2, -0.15) is 4.39 Å². The highest BCUT2D eigenvalue weighted by molar-refractivity contribution is 7.20. The van der Waals surface area contributed by atoms with Crippen molar-refractivity contribution in [2.24, 2.45) is 0 Å². The fourth-order valence-electron chi connectivity index (χ4n) is 4.30. The lowest BCUT2D eigenvalue weighted by molar-refractivity contribution is 0.414. The molecule has 142 valence electrons. The molecule has 1 nitrogen and oxygen atoms in total. The van der Waals surface area contributed by atoms with Crippen LogP contribution in [0.1, 0.15) is 10.4 Å². The molecule has 3 aromatic carbocycles. The van der Waals surface area contributed by atoms with Gasteiger partial charge in [0.15, 0.2) is 5.13 Å². The van der Waals surface area contributed by atoms with Crippen LogP contribution in [0.25, 0.3) is 42.4 Å². The molecule has 4 heteroatoms. The zero-order valence-electron chi connectivity index (χ0n) is 15.8. The van der Waals surface area contributed by atoms with Gasteiger partial charge in [-0.1, -0.05) is 36.4 Å². The minimum absolute atomic E-state index is 0.111. The average molecular weight is 417 g/mol. The van der Waals surface area contributed by atoms with Gasteiger partial charge >= 0.3 is 0 Å². The number of aryl methyl sites for hydroxylation is 2. The Morgan fingerprint density at radius 3 is 2.10 bits per heavy atom. The summed E-state index contributed by atoms with van der Waals surface area (Å²) in [5.74, 6) is 0.897. The molecule has 0 saturated heterocycles. The molecule has 0 amide bonds. The number of methoxy groups -OCH3 is 1. The van der Waals surface area contributed by atoms with Crippen molar-refractivity contribution in [2.75, 3.05) is 7.11 Å². The Balaban J connectivity index is 1.34. The Kier molecular flexibility index (Phi) is 3.80. The first kappa shape index (κ1) is 17.2. The molecule has 29 heavy (non-hydrogen) atoms. The second-order valence-electron chi connectivity index (χ2n) is 7.42. The molecule has 6 rings (SSSR count). The van der Waals surface area contributed by atoms with E-state index in [9.17, 15) is 4.39 Å². The van der Waals surface area contributed by atoms with Crippen molar-refractivity contribution in [3.05, 3.63) is 76.2 Å². The lowest BCUT2D eigenvalue weighted by Gasteiger charge is -2.25. The van der Waals surface area contributed by atoms with Crippen LogP contribution in [0.2, 0.25) is 0 Å². The summed E-state index contributed by atoms with van der Waals surface area (Å²) in [6.45, 7) is 0. The molecule has 0 saturated carbocycles. The van der Waals surface area contributed by atoms with Gasteiger partial charge in [-0.15, -0.1) is 22.7 Å². The van der Waals surface area contributed by atoms with E-state index in [1.54, 1.807) is 13.2 Å². The van der Waals surface area contributed by atoms with Gasteiger partial charge in [0.05, 0.1) is 7.11 Å². The summed E-state index contributed by atoms with van der Waals surface area (Å²) in [5.41, 5.74) is 6.42. The first-order valence-electron chi connectivity index (χ1n) is 9.62. The van der Waals surface area contributed by atoms with Crippen LogP contribution in [0.3, 0.4) is 0 Å². The van der Waals surface area contributed by atoms with Crippen molar-refractivity contribution >= 4 is 42.8 Å². The highest BCUT2D eigenvalue weighted by Crippen LogP contribution is 2.56. The van der Waals surface area contributed by atoms with Crippen molar-refractivity contribution in [1.29, 1.82) is 0 Å². The lowest BCUT2D eigenvalue weighted by atomic mass is 9.79. The number of thiophene rings is 2. The van der Waals surface area contributed by atoms with Gasteiger partial charge in [0.1, 0.15) is 5.75 Å². The number of halogens is 1. The third-order valence-corrected chi connectivity index (χ3v) is 7.94. The Bertz CT molecular complexity index is 1390. The summed E-state index contributed by atoms with van der Waals surface area (Å²) in [7, 11) is 1.69. The molecule has 0 radical (unpaired) electrons. The van der Waals surface area contributed by atoms with E-state index in [4.69, 9.17) is 4.74 Å². The highest BCUT2D eigenvalue weighted by atomic mass is 32.1. The van der Waals surface area contributed by atoms with Gasteiger partial charge < -0.3 is 4.74 Å². The summed E-state index contributed by atoms with van der Waals surface area (Å²) in [6, 6.07) is 20.9. The van der Waals surface area contributed by atoms with Crippen LogP contribution >= 0.6 is 22.7 Å². The number of benzene rings is 3. The number of hydrogen-bond acceptors (Lipinski definition) is 3. The predicted octanol–water partition coefficient (Wildman–Crippen LogP) is 7.70. The van der Waals surface area contributed by atoms with E-state index in [2.05, 4.69) is 36.4 Å². The Hall–Kier alpha value is -2.69. The van der Waals surface area contributed by atoms with Crippen molar-refractivity contribution in [3.63, 3.8) is 0 Å². The maximum atomic E-state index is 13.8. The van der Waals surface area contributed by atoms with E-state index in [1.165, 1.54) is 54.1 Å². The second kappa shape index (κ2) is 6.41. The maximum Gasteiger partial charge on any atom is 0.177 e. The van der Waals surface area contributed by atoms with Crippen LogP contribution in [-0.2, 0) is 12.8 Å². The maximum absolute atomic E-state index is 13.8. The van der Waals surface area contributed by atoms with Gasteiger partial charge in [-0.05, 0) is 64.6 Å². The number of ether oxygens (including phenoxy) is 1. The normalized spacial score (nSPS) is 12.1. The topological polar surface area (TPSA) is 9.23 Å². The van der Waals surface area contributed by atoms with Gasteiger partial charge in [0.2, 0.25) is 0 Å². The van der Waals surface area contributed by atoms with Crippen molar-refractivity contribution in [1.82, 2.24) is 0 Å². The van der Waals surface area contributed by atoms with Gasteiger partial charge in [0.25, 0.3) is 0 Å². The number of hydrogen-bond donors (Lipinski definition) is 0. The van der Waals surface area contributed by atoms with Crippen molar-refractivity contribution in [2.45, 2.75) is 12.8 Å². The van der Waals surface area contributed by atoms with Crippen LogP contribution in [0.5, 0.6) is 5.75 Å². The molecular formula is C25H17FOS2. The molecule has 0 bridgehead atoms. The van der Waals surface area contributed by atoms with Crippen LogP contribution in [0.4, 0.5) is 4.39 Å². The molecular weight excluding hydrogens is 399 g/mol. The smallest absolute Gasteiger partial charge is 0.177 e. The second-order valence-corrected chi connectivity index (χ2v) is 9.56. The summed E-state index contributed by atoms with van der Waals surface area (Å²) in [6.07, 6.45) is 2.05. The molecule has 1 aliphatic rings. The lowest BCUT2D eigenvalue weighted by Crippen LogP contribution is -1.98. The summed E-state index contributed by atoms with van der Waals surface area (Å²) in [5, 5.41) is 2.20. The van der Waals surface area contributed by atoms with E-state index in [0.717, 1.165) is 28.7 Å². The predicted molar refractivity (Wildman–Crippen MR) is 122 cm³/mol. The molecule has 2 aromatic heterocycles. The largest absolute Gasteiger partial charge is 0.497 e. The van der Waals surface area contributed by atoms with E-state index < -0.39 is 0 Å². The van der Waals surface area contributed by atoms with Crippen molar-refractivity contribution < 1.29 is 9.13 Å². The SMILES string of the molecule is COc1ccc(CCc2cc3ccc4c(c3s2)-c2ccc3cc(F)sc3c2-4)cc1. The first-order chi connectivity index (χ1) is 14.2. The standard InChI is InChI=1S/C25H17FOS2/c1-27-17-7-2-14(3-8-17)4-9-18-12-15-5-10-19-22(24(15)28-18)20-11-6-16-13-21(26)29-25(16)23(19)20/h2-3,5-8,10-13H,4,9H2,1H3. The Morgan fingerprint density at radius 1 is 0.759 bits per heavy atom. The molecule has 0 spiro atoms. The highest BCUT2D eigenvalue weighted by Gasteiger charge is 2.28.